The topological polar surface area (TPSA) is 57.1 Å². The smallest absolute Gasteiger partial charge is 0.188 e. The van der Waals surface area contributed by atoms with E-state index >= 15 is 0 Å². The lowest BCUT2D eigenvalue weighted by Gasteiger charge is -2.24. The number of hydrogen-bond donors (Lipinski definition) is 0. The molecular formula is C10H15NO4. The van der Waals surface area contributed by atoms with Gasteiger partial charge in [-0.05, 0) is 0 Å². The minimum Gasteiger partial charge on any atom is -0.466 e. The van der Waals surface area contributed by atoms with Gasteiger partial charge in [-0.15, -0.1) is 0 Å². The van der Waals surface area contributed by atoms with Gasteiger partial charge < -0.3 is 14.2 Å². The molecule has 0 amide bonds. The molecule has 0 bridgehead atoms. The number of dihydropyridines is 1. The van der Waals surface area contributed by atoms with Gasteiger partial charge in [-0.25, -0.2) is 0 Å². The van der Waals surface area contributed by atoms with Crippen molar-refractivity contribution in [3.05, 3.63) is 11.3 Å². The minimum absolute atomic E-state index is 0.100. The third-order valence-electron chi connectivity index (χ3n) is 2.24. The molecule has 0 saturated carbocycles. The van der Waals surface area contributed by atoms with Crippen molar-refractivity contribution in [3.63, 3.8) is 0 Å². The highest BCUT2D eigenvalue weighted by Gasteiger charge is 2.26. The summed E-state index contributed by atoms with van der Waals surface area (Å²) in [7, 11) is 3.07. The Morgan fingerprint density at radius 2 is 2.27 bits per heavy atom. The fourth-order valence-corrected chi connectivity index (χ4v) is 1.40. The molecule has 0 spiro atoms. The third-order valence-corrected chi connectivity index (χ3v) is 2.24. The molecule has 0 aromatic carbocycles. The second-order valence-electron chi connectivity index (χ2n) is 3.18. The molecule has 0 aromatic heterocycles. The largest absolute Gasteiger partial charge is 0.466 e. The number of rotatable bonds is 5. The van der Waals surface area contributed by atoms with Gasteiger partial charge >= 0.3 is 0 Å². The molecule has 2 atom stereocenters. The number of carbonyl (C=O) groups excluding carboxylic acids is 1. The Balaban J connectivity index is 2.82. The van der Waals surface area contributed by atoms with E-state index in [-0.39, 0.29) is 18.9 Å². The van der Waals surface area contributed by atoms with Crippen LogP contribution in [0.2, 0.25) is 0 Å². The summed E-state index contributed by atoms with van der Waals surface area (Å²) in [5.41, 5.74) is 0.550. The van der Waals surface area contributed by atoms with Crippen LogP contribution in [0.5, 0.6) is 0 Å². The zero-order chi connectivity index (χ0) is 11.3. The highest BCUT2D eigenvalue weighted by Crippen LogP contribution is 2.23. The Morgan fingerprint density at radius 1 is 1.53 bits per heavy atom. The number of ether oxygens (including phenoxy) is 3. The first-order valence-corrected chi connectivity index (χ1v) is 4.61. The van der Waals surface area contributed by atoms with Crippen molar-refractivity contribution in [1.29, 1.82) is 0 Å². The van der Waals surface area contributed by atoms with E-state index in [4.69, 9.17) is 14.2 Å². The molecule has 1 heterocycles. The summed E-state index contributed by atoms with van der Waals surface area (Å²) >= 11 is 0. The van der Waals surface area contributed by atoms with Crippen molar-refractivity contribution in [1.82, 2.24) is 0 Å². The number of aliphatic imine (C=N–C) groups is 1. The van der Waals surface area contributed by atoms with Crippen molar-refractivity contribution < 1.29 is 19.0 Å². The fraction of sp³-hybridized carbons (Fsp3) is 0.600. The van der Waals surface area contributed by atoms with Crippen LogP contribution in [0.25, 0.3) is 0 Å². The number of nitrogens with zero attached hydrogens (tertiary/aromatic N) is 1. The van der Waals surface area contributed by atoms with E-state index in [1.165, 1.54) is 13.3 Å². The summed E-state index contributed by atoms with van der Waals surface area (Å²) in [5.74, 6) is 0.344. The lowest BCUT2D eigenvalue weighted by molar-refractivity contribution is -0.106. The zero-order valence-electron chi connectivity index (χ0n) is 9.10. The number of aldehydes is 1. The lowest BCUT2D eigenvalue weighted by atomic mass is 9.97. The lowest BCUT2D eigenvalue weighted by Crippen LogP contribution is -2.26. The van der Waals surface area contributed by atoms with Crippen molar-refractivity contribution in [3.8, 4) is 0 Å². The average molecular weight is 213 g/mol. The Morgan fingerprint density at radius 3 is 2.80 bits per heavy atom. The molecule has 1 aliphatic heterocycles. The molecule has 5 nitrogen and oxygen atoms in total. The molecule has 0 aromatic rings. The van der Waals surface area contributed by atoms with Crippen molar-refractivity contribution in [2.75, 3.05) is 21.0 Å². The van der Waals surface area contributed by atoms with Gasteiger partial charge in [-0.3, -0.25) is 9.79 Å². The molecule has 84 valence electrons. The number of hydrogen-bond acceptors (Lipinski definition) is 5. The van der Waals surface area contributed by atoms with E-state index in [9.17, 15) is 4.79 Å². The van der Waals surface area contributed by atoms with E-state index in [2.05, 4.69) is 4.99 Å². The Labute approximate surface area is 88.7 Å². The summed E-state index contributed by atoms with van der Waals surface area (Å²) in [4.78, 5) is 15.0. The van der Waals surface area contributed by atoms with Crippen LogP contribution >= 0.6 is 0 Å². The van der Waals surface area contributed by atoms with Crippen molar-refractivity contribution >= 4 is 12.5 Å². The molecule has 1 rings (SSSR count). The van der Waals surface area contributed by atoms with Crippen LogP contribution in [-0.4, -0.2) is 39.7 Å². The number of carbonyl (C=O) groups is 1. The molecule has 0 aliphatic carbocycles. The van der Waals surface area contributed by atoms with Gasteiger partial charge in [0, 0.05) is 25.7 Å². The zero-order valence-corrected chi connectivity index (χ0v) is 9.10. The first-order chi connectivity index (χ1) is 7.24. The van der Waals surface area contributed by atoms with Gasteiger partial charge in [0.15, 0.2) is 13.0 Å². The monoisotopic (exact) mass is 213 g/mol. The molecule has 0 N–H and O–H groups in total. The Bertz CT molecular complexity index is 285. The molecule has 0 radical (unpaired) electrons. The third kappa shape index (κ3) is 2.64. The van der Waals surface area contributed by atoms with Crippen LogP contribution in [0.15, 0.2) is 16.3 Å². The second-order valence-corrected chi connectivity index (χ2v) is 3.18. The standard InChI is InChI=1S/C10H15NO4/c1-7-8(5-12)9(15-6-13-2)4-11-10(7)14-3/h4-5,7,10H,6H2,1-3H3. The van der Waals surface area contributed by atoms with Crippen LogP contribution < -0.4 is 0 Å². The van der Waals surface area contributed by atoms with Gasteiger partial charge in [0.05, 0.1) is 6.21 Å². The summed E-state index contributed by atoms with van der Waals surface area (Å²) < 4.78 is 15.1. The summed E-state index contributed by atoms with van der Waals surface area (Å²) in [6.45, 7) is 1.97. The molecule has 2 unspecified atom stereocenters. The van der Waals surface area contributed by atoms with Crippen LogP contribution in [0.3, 0.4) is 0 Å². The maximum Gasteiger partial charge on any atom is 0.188 e. The molecule has 0 saturated heterocycles. The molecule has 15 heavy (non-hydrogen) atoms. The van der Waals surface area contributed by atoms with E-state index in [1.54, 1.807) is 7.11 Å². The normalized spacial score (nSPS) is 25.5. The minimum atomic E-state index is -0.319. The summed E-state index contributed by atoms with van der Waals surface area (Å²) in [5, 5.41) is 0. The Kier molecular flexibility index (Phi) is 4.45. The van der Waals surface area contributed by atoms with Gasteiger partial charge in [-0.1, -0.05) is 6.92 Å². The van der Waals surface area contributed by atoms with Crippen LogP contribution in [0.1, 0.15) is 6.92 Å². The van der Waals surface area contributed by atoms with Crippen molar-refractivity contribution in [2.45, 2.75) is 13.2 Å². The van der Waals surface area contributed by atoms with Crippen LogP contribution in [0.4, 0.5) is 0 Å². The first kappa shape index (κ1) is 11.9. The quantitative estimate of drug-likeness (QED) is 0.499. The predicted octanol–water partition coefficient (Wildman–Crippen LogP) is 0.753. The van der Waals surface area contributed by atoms with E-state index in [0.29, 0.717) is 11.3 Å². The Hall–Kier alpha value is -1.20. The van der Waals surface area contributed by atoms with E-state index in [1.807, 2.05) is 6.92 Å². The SMILES string of the molecule is COCOC1=C(C=O)C(C)C(OC)N=C1. The van der Waals surface area contributed by atoms with E-state index in [0.717, 1.165) is 6.29 Å². The van der Waals surface area contributed by atoms with Crippen molar-refractivity contribution in [2.24, 2.45) is 10.9 Å². The average Bonchev–Trinajstić information content (AvgIpc) is 2.26. The fourth-order valence-electron chi connectivity index (χ4n) is 1.40. The molecule has 5 heteroatoms. The summed E-state index contributed by atoms with van der Waals surface area (Å²) in [6.07, 6.45) is 1.95. The van der Waals surface area contributed by atoms with Gasteiger partial charge in [0.2, 0.25) is 0 Å². The summed E-state index contributed by atoms with van der Waals surface area (Å²) in [6, 6.07) is 0. The molecule has 1 aliphatic rings. The second kappa shape index (κ2) is 5.63. The van der Waals surface area contributed by atoms with Crippen LogP contribution in [0, 0.1) is 5.92 Å². The first-order valence-electron chi connectivity index (χ1n) is 4.61. The highest BCUT2D eigenvalue weighted by molar-refractivity contribution is 5.89. The van der Waals surface area contributed by atoms with Gasteiger partial charge in [-0.2, -0.15) is 0 Å². The van der Waals surface area contributed by atoms with Gasteiger partial charge in [0.1, 0.15) is 12.0 Å². The van der Waals surface area contributed by atoms with Gasteiger partial charge in [0.25, 0.3) is 0 Å². The maximum atomic E-state index is 10.9. The number of methoxy groups -OCH3 is 2. The van der Waals surface area contributed by atoms with E-state index < -0.39 is 0 Å². The van der Waals surface area contributed by atoms with Crippen LogP contribution in [-0.2, 0) is 19.0 Å². The number of allylic oxidation sites excluding steroid dienone is 1. The molecule has 0 fully saturated rings. The highest BCUT2D eigenvalue weighted by atomic mass is 16.7. The predicted molar refractivity (Wildman–Crippen MR) is 54.5 cm³/mol. The maximum absolute atomic E-state index is 10.9. The molecular weight excluding hydrogens is 198 g/mol.